The molecule has 0 aromatic carbocycles. The van der Waals surface area contributed by atoms with Crippen molar-refractivity contribution in [3.8, 4) is 12.0 Å². The van der Waals surface area contributed by atoms with E-state index in [1.807, 2.05) is 0 Å². The van der Waals surface area contributed by atoms with E-state index in [0.717, 1.165) is 12.8 Å². The molecule has 9 nitrogen and oxygen atoms in total. The van der Waals surface area contributed by atoms with Crippen molar-refractivity contribution in [2.75, 3.05) is 5.43 Å². The van der Waals surface area contributed by atoms with E-state index in [1.54, 1.807) is 0 Å². The van der Waals surface area contributed by atoms with Gasteiger partial charge in [0.2, 0.25) is 5.95 Å². The van der Waals surface area contributed by atoms with Gasteiger partial charge in [0.25, 0.3) is 5.95 Å². The van der Waals surface area contributed by atoms with Crippen molar-refractivity contribution < 1.29 is 4.74 Å². The summed E-state index contributed by atoms with van der Waals surface area (Å²) in [4.78, 5) is 16.2. The van der Waals surface area contributed by atoms with Gasteiger partial charge in [-0.2, -0.15) is 24.7 Å². The Morgan fingerprint density at radius 3 is 2.79 bits per heavy atom. The molecular formula is C10H14N8O. The Morgan fingerprint density at radius 1 is 1.26 bits per heavy atom. The third-order valence-corrected chi connectivity index (χ3v) is 2.93. The van der Waals surface area contributed by atoms with Crippen LogP contribution in [0.2, 0.25) is 0 Å². The predicted molar refractivity (Wildman–Crippen MR) is 65.4 cm³/mol. The maximum absolute atomic E-state index is 5.74. The Labute approximate surface area is 109 Å². The second-order valence-electron chi connectivity index (χ2n) is 4.25. The molecule has 0 atom stereocenters. The number of hydrogen-bond acceptors (Lipinski definition) is 8. The third kappa shape index (κ3) is 2.60. The van der Waals surface area contributed by atoms with E-state index in [9.17, 15) is 0 Å². The van der Waals surface area contributed by atoms with Crippen molar-refractivity contribution in [3.63, 3.8) is 0 Å². The van der Waals surface area contributed by atoms with Gasteiger partial charge in [0, 0.05) is 0 Å². The van der Waals surface area contributed by atoms with Gasteiger partial charge in [-0.25, -0.2) is 10.8 Å². The molecule has 1 aliphatic rings. The molecule has 100 valence electrons. The summed E-state index contributed by atoms with van der Waals surface area (Å²) in [6.45, 7) is 0. The summed E-state index contributed by atoms with van der Waals surface area (Å²) in [5.41, 5.74) is 2.39. The SMILES string of the molecule is NNc1nc(OC2CCCC2)nc(-n2cncn2)n1. The number of nitrogens with zero attached hydrogens (tertiary/aromatic N) is 6. The Hall–Kier alpha value is -2.29. The Bertz CT molecular complexity index is 536. The van der Waals surface area contributed by atoms with E-state index < -0.39 is 0 Å². The highest BCUT2D eigenvalue weighted by Crippen LogP contribution is 2.22. The van der Waals surface area contributed by atoms with E-state index in [-0.39, 0.29) is 18.1 Å². The lowest BCUT2D eigenvalue weighted by atomic mass is 10.3. The average molecular weight is 262 g/mol. The first kappa shape index (κ1) is 11.8. The highest BCUT2D eigenvalue weighted by atomic mass is 16.5. The molecule has 3 rings (SSSR count). The van der Waals surface area contributed by atoms with E-state index >= 15 is 0 Å². The summed E-state index contributed by atoms with van der Waals surface area (Å²) >= 11 is 0. The summed E-state index contributed by atoms with van der Waals surface area (Å²) < 4.78 is 7.16. The van der Waals surface area contributed by atoms with E-state index in [1.165, 1.54) is 30.2 Å². The average Bonchev–Trinajstić information content (AvgIpc) is 3.11. The van der Waals surface area contributed by atoms with Gasteiger partial charge in [-0.15, -0.1) is 0 Å². The van der Waals surface area contributed by atoms with Crippen LogP contribution in [0.1, 0.15) is 25.7 Å². The van der Waals surface area contributed by atoms with Crippen molar-refractivity contribution in [2.45, 2.75) is 31.8 Å². The van der Waals surface area contributed by atoms with Crippen LogP contribution in [0, 0.1) is 0 Å². The number of anilines is 1. The first-order valence-corrected chi connectivity index (χ1v) is 6.09. The van der Waals surface area contributed by atoms with Crippen LogP contribution in [0.4, 0.5) is 5.95 Å². The molecule has 19 heavy (non-hydrogen) atoms. The first-order chi connectivity index (χ1) is 9.35. The van der Waals surface area contributed by atoms with Crippen molar-refractivity contribution in [3.05, 3.63) is 12.7 Å². The molecule has 9 heteroatoms. The number of aromatic nitrogens is 6. The van der Waals surface area contributed by atoms with Crippen LogP contribution in [-0.2, 0) is 0 Å². The molecule has 2 aromatic rings. The summed E-state index contributed by atoms with van der Waals surface area (Å²) in [5.74, 6) is 5.89. The molecule has 3 N–H and O–H groups in total. The maximum Gasteiger partial charge on any atom is 0.323 e. The van der Waals surface area contributed by atoms with Crippen LogP contribution in [0.15, 0.2) is 12.7 Å². The zero-order chi connectivity index (χ0) is 13.1. The molecule has 0 saturated heterocycles. The fraction of sp³-hybridized carbons (Fsp3) is 0.500. The van der Waals surface area contributed by atoms with Crippen LogP contribution < -0.4 is 16.0 Å². The van der Waals surface area contributed by atoms with Crippen LogP contribution in [0.25, 0.3) is 5.95 Å². The summed E-state index contributed by atoms with van der Waals surface area (Å²) in [5, 5.41) is 3.96. The van der Waals surface area contributed by atoms with Gasteiger partial charge in [0.15, 0.2) is 0 Å². The van der Waals surface area contributed by atoms with Gasteiger partial charge in [0.1, 0.15) is 18.8 Å². The molecule has 0 spiro atoms. The van der Waals surface area contributed by atoms with Crippen LogP contribution >= 0.6 is 0 Å². The molecule has 0 bridgehead atoms. The minimum atomic E-state index is 0.164. The Morgan fingerprint density at radius 2 is 2.11 bits per heavy atom. The number of ether oxygens (including phenoxy) is 1. The smallest absolute Gasteiger partial charge is 0.323 e. The first-order valence-electron chi connectivity index (χ1n) is 6.09. The van der Waals surface area contributed by atoms with Crippen molar-refractivity contribution >= 4 is 5.95 Å². The second kappa shape index (κ2) is 5.14. The van der Waals surface area contributed by atoms with Crippen molar-refractivity contribution in [1.82, 2.24) is 29.7 Å². The molecule has 0 radical (unpaired) electrons. The number of rotatable bonds is 4. The number of hydrogen-bond donors (Lipinski definition) is 2. The standard InChI is InChI=1S/C10H14N8O/c11-17-8-14-9(18-6-12-5-13-18)16-10(15-8)19-7-3-1-2-4-7/h5-7H,1-4,11H2,(H,14,15,16,17). The number of nitrogens with two attached hydrogens (primary N) is 1. The number of nitrogen functional groups attached to an aromatic ring is 1. The van der Waals surface area contributed by atoms with Gasteiger partial charge in [0.05, 0.1) is 0 Å². The molecule has 1 aliphatic carbocycles. The molecule has 1 saturated carbocycles. The lowest BCUT2D eigenvalue weighted by Crippen LogP contribution is -2.18. The van der Waals surface area contributed by atoms with Crippen molar-refractivity contribution in [1.29, 1.82) is 0 Å². The fourth-order valence-corrected chi connectivity index (χ4v) is 2.03. The van der Waals surface area contributed by atoms with Crippen molar-refractivity contribution in [2.24, 2.45) is 5.84 Å². The highest BCUT2D eigenvalue weighted by molar-refractivity contribution is 5.28. The van der Waals surface area contributed by atoms with Crippen LogP contribution in [0.3, 0.4) is 0 Å². The maximum atomic E-state index is 5.74. The molecule has 2 aromatic heterocycles. The molecular weight excluding hydrogens is 248 g/mol. The molecule has 0 amide bonds. The van der Waals surface area contributed by atoms with Gasteiger partial charge < -0.3 is 4.74 Å². The normalized spacial score (nSPS) is 15.6. The number of hydrazine groups is 1. The van der Waals surface area contributed by atoms with E-state index in [4.69, 9.17) is 10.6 Å². The second-order valence-corrected chi connectivity index (χ2v) is 4.25. The lowest BCUT2D eigenvalue weighted by molar-refractivity contribution is 0.191. The third-order valence-electron chi connectivity index (χ3n) is 2.93. The molecule has 1 fully saturated rings. The Balaban J connectivity index is 1.88. The van der Waals surface area contributed by atoms with Crippen LogP contribution in [-0.4, -0.2) is 35.8 Å². The zero-order valence-electron chi connectivity index (χ0n) is 10.2. The van der Waals surface area contributed by atoms with E-state index in [2.05, 4.69) is 30.5 Å². The zero-order valence-corrected chi connectivity index (χ0v) is 10.2. The van der Waals surface area contributed by atoms with Gasteiger partial charge in [-0.1, -0.05) is 0 Å². The predicted octanol–water partition coefficient (Wildman–Crippen LogP) is 0.0593. The summed E-state index contributed by atoms with van der Waals surface area (Å²) in [7, 11) is 0. The quantitative estimate of drug-likeness (QED) is 0.586. The largest absolute Gasteiger partial charge is 0.460 e. The number of nitrogens with one attached hydrogen (secondary N) is 1. The van der Waals surface area contributed by atoms with Crippen LogP contribution in [0.5, 0.6) is 6.01 Å². The van der Waals surface area contributed by atoms with Gasteiger partial charge in [-0.05, 0) is 25.7 Å². The van der Waals surface area contributed by atoms with E-state index in [0.29, 0.717) is 5.95 Å². The highest BCUT2D eigenvalue weighted by Gasteiger charge is 2.19. The molecule has 0 aliphatic heterocycles. The molecule has 2 heterocycles. The van der Waals surface area contributed by atoms with Gasteiger partial charge in [-0.3, -0.25) is 5.43 Å². The fourth-order valence-electron chi connectivity index (χ4n) is 2.03. The topological polar surface area (TPSA) is 117 Å². The summed E-state index contributed by atoms with van der Waals surface area (Å²) in [6.07, 6.45) is 7.45. The van der Waals surface area contributed by atoms with Gasteiger partial charge >= 0.3 is 6.01 Å². The minimum Gasteiger partial charge on any atom is -0.460 e. The summed E-state index contributed by atoms with van der Waals surface area (Å²) in [6, 6.07) is 0.250. The Kier molecular flexibility index (Phi) is 3.19. The molecule has 0 unspecified atom stereocenters. The monoisotopic (exact) mass is 262 g/mol. The minimum absolute atomic E-state index is 0.164. The lowest BCUT2D eigenvalue weighted by Gasteiger charge is -2.12.